The molecular weight excluding hydrogens is 240 g/mol. The highest BCUT2D eigenvalue weighted by Crippen LogP contribution is 2.29. The number of hydrogen-bond acceptors (Lipinski definition) is 3. The summed E-state index contributed by atoms with van der Waals surface area (Å²) < 4.78 is 5.51. The van der Waals surface area contributed by atoms with E-state index in [2.05, 4.69) is 6.92 Å². The van der Waals surface area contributed by atoms with Gasteiger partial charge < -0.3 is 15.4 Å². The first-order chi connectivity index (χ1) is 9.19. The third-order valence-corrected chi connectivity index (χ3v) is 3.26. The lowest BCUT2D eigenvalue weighted by Crippen LogP contribution is -2.37. The highest BCUT2D eigenvalue weighted by atomic mass is 16.5. The predicted octanol–water partition coefficient (Wildman–Crippen LogP) is 2.30. The van der Waals surface area contributed by atoms with Crippen molar-refractivity contribution in [1.29, 1.82) is 0 Å². The number of rotatable bonds is 7. The second-order valence-electron chi connectivity index (χ2n) is 5.14. The van der Waals surface area contributed by atoms with E-state index in [0.717, 1.165) is 19.5 Å². The summed E-state index contributed by atoms with van der Waals surface area (Å²) in [4.78, 5) is 14.0. The number of ether oxygens (including phenoxy) is 1. The molecule has 1 aliphatic carbocycles. The van der Waals surface area contributed by atoms with Crippen molar-refractivity contribution < 1.29 is 9.53 Å². The van der Waals surface area contributed by atoms with E-state index in [9.17, 15) is 4.79 Å². The topological polar surface area (TPSA) is 55.6 Å². The third kappa shape index (κ3) is 4.47. The summed E-state index contributed by atoms with van der Waals surface area (Å²) in [5, 5.41) is 0. The summed E-state index contributed by atoms with van der Waals surface area (Å²) in [6.07, 6.45) is 3.50. The molecule has 0 atom stereocenters. The maximum atomic E-state index is 12.1. The Labute approximate surface area is 114 Å². The van der Waals surface area contributed by atoms with E-state index >= 15 is 0 Å². The number of benzene rings is 1. The van der Waals surface area contributed by atoms with Gasteiger partial charge in [0.15, 0.2) is 6.61 Å². The molecule has 1 aromatic rings. The van der Waals surface area contributed by atoms with Crippen LogP contribution in [0.5, 0.6) is 5.75 Å². The van der Waals surface area contributed by atoms with Gasteiger partial charge in [0.2, 0.25) is 0 Å². The molecule has 19 heavy (non-hydrogen) atoms. The molecule has 0 spiro atoms. The Morgan fingerprint density at radius 3 is 2.63 bits per heavy atom. The molecule has 1 aliphatic rings. The largest absolute Gasteiger partial charge is 0.484 e. The van der Waals surface area contributed by atoms with Gasteiger partial charge in [-0.2, -0.15) is 0 Å². The Bertz CT molecular complexity index is 413. The number of nitrogen functional groups attached to an aromatic ring is 1. The molecule has 0 saturated heterocycles. The van der Waals surface area contributed by atoms with Gasteiger partial charge in [0.25, 0.3) is 5.91 Å². The molecule has 4 nitrogen and oxygen atoms in total. The Morgan fingerprint density at radius 1 is 1.37 bits per heavy atom. The Hall–Kier alpha value is -1.71. The zero-order chi connectivity index (χ0) is 13.7. The maximum absolute atomic E-state index is 12.1. The highest BCUT2D eigenvalue weighted by molar-refractivity contribution is 5.77. The summed E-state index contributed by atoms with van der Waals surface area (Å²) in [5.41, 5.74) is 6.30. The van der Waals surface area contributed by atoms with Gasteiger partial charge in [-0.3, -0.25) is 4.79 Å². The number of hydrogen-bond donors (Lipinski definition) is 1. The van der Waals surface area contributed by atoms with Crippen LogP contribution in [-0.2, 0) is 4.79 Å². The van der Waals surface area contributed by atoms with E-state index in [1.165, 1.54) is 12.8 Å². The molecule has 0 bridgehead atoms. The SMILES string of the molecule is CCCN(CC1CC1)C(=O)COc1ccc(N)cc1. The number of amides is 1. The van der Waals surface area contributed by atoms with Gasteiger partial charge in [-0.05, 0) is 49.4 Å². The fourth-order valence-corrected chi connectivity index (χ4v) is 2.00. The molecule has 4 heteroatoms. The minimum atomic E-state index is 0.0746. The third-order valence-electron chi connectivity index (χ3n) is 3.26. The molecule has 0 unspecified atom stereocenters. The van der Waals surface area contributed by atoms with Crippen molar-refractivity contribution in [3.05, 3.63) is 24.3 Å². The predicted molar refractivity (Wildman–Crippen MR) is 75.9 cm³/mol. The zero-order valence-electron chi connectivity index (χ0n) is 11.5. The zero-order valence-corrected chi connectivity index (χ0v) is 11.5. The van der Waals surface area contributed by atoms with E-state index in [-0.39, 0.29) is 12.5 Å². The highest BCUT2D eigenvalue weighted by Gasteiger charge is 2.26. The molecule has 1 amide bonds. The van der Waals surface area contributed by atoms with Crippen LogP contribution in [0.25, 0.3) is 0 Å². The van der Waals surface area contributed by atoms with E-state index in [4.69, 9.17) is 10.5 Å². The molecule has 0 aliphatic heterocycles. The van der Waals surface area contributed by atoms with Gasteiger partial charge in [0, 0.05) is 18.8 Å². The van der Waals surface area contributed by atoms with Crippen molar-refractivity contribution in [2.24, 2.45) is 5.92 Å². The van der Waals surface area contributed by atoms with Crippen LogP contribution in [0.15, 0.2) is 24.3 Å². The number of nitrogens with zero attached hydrogens (tertiary/aromatic N) is 1. The van der Waals surface area contributed by atoms with Crippen LogP contribution < -0.4 is 10.5 Å². The average molecular weight is 262 g/mol. The second kappa shape index (κ2) is 6.45. The van der Waals surface area contributed by atoms with E-state index in [0.29, 0.717) is 17.4 Å². The van der Waals surface area contributed by atoms with Crippen LogP contribution in [0, 0.1) is 5.92 Å². The lowest BCUT2D eigenvalue weighted by atomic mass is 10.3. The molecule has 0 heterocycles. The Balaban J connectivity index is 1.82. The fraction of sp³-hybridized carbons (Fsp3) is 0.533. The normalized spacial score (nSPS) is 14.2. The second-order valence-corrected chi connectivity index (χ2v) is 5.14. The van der Waals surface area contributed by atoms with Gasteiger partial charge in [-0.15, -0.1) is 0 Å². The van der Waals surface area contributed by atoms with Gasteiger partial charge in [-0.1, -0.05) is 6.92 Å². The summed E-state index contributed by atoms with van der Waals surface area (Å²) in [6, 6.07) is 7.11. The Kier molecular flexibility index (Phi) is 4.66. The van der Waals surface area contributed by atoms with E-state index < -0.39 is 0 Å². The summed E-state index contributed by atoms with van der Waals surface area (Å²) in [5.74, 6) is 1.48. The monoisotopic (exact) mass is 262 g/mol. The van der Waals surface area contributed by atoms with E-state index in [1.807, 2.05) is 4.90 Å². The maximum Gasteiger partial charge on any atom is 0.260 e. The smallest absolute Gasteiger partial charge is 0.260 e. The molecular formula is C15H22N2O2. The first-order valence-electron chi connectivity index (χ1n) is 6.95. The van der Waals surface area contributed by atoms with Gasteiger partial charge >= 0.3 is 0 Å². The first-order valence-corrected chi connectivity index (χ1v) is 6.95. The first kappa shape index (κ1) is 13.7. The summed E-state index contributed by atoms with van der Waals surface area (Å²) in [7, 11) is 0. The molecule has 1 saturated carbocycles. The van der Waals surface area contributed by atoms with Gasteiger partial charge in [0.05, 0.1) is 0 Å². The number of anilines is 1. The van der Waals surface area contributed by atoms with Crippen LogP contribution in [0.4, 0.5) is 5.69 Å². The molecule has 2 N–H and O–H groups in total. The number of carbonyl (C=O) groups is 1. The Morgan fingerprint density at radius 2 is 2.05 bits per heavy atom. The van der Waals surface area contributed by atoms with Crippen LogP contribution in [0.1, 0.15) is 26.2 Å². The minimum absolute atomic E-state index is 0.0746. The summed E-state index contributed by atoms with van der Waals surface area (Å²) in [6.45, 7) is 3.91. The average Bonchev–Trinajstić information content (AvgIpc) is 3.21. The van der Waals surface area contributed by atoms with Crippen molar-refractivity contribution in [1.82, 2.24) is 4.90 Å². The van der Waals surface area contributed by atoms with Crippen LogP contribution >= 0.6 is 0 Å². The number of nitrogens with two attached hydrogens (primary N) is 1. The molecule has 1 aromatic carbocycles. The fourth-order valence-electron chi connectivity index (χ4n) is 2.00. The minimum Gasteiger partial charge on any atom is -0.484 e. The molecule has 104 valence electrons. The van der Waals surface area contributed by atoms with Crippen LogP contribution in [0.2, 0.25) is 0 Å². The molecule has 2 rings (SSSR count). The van der Waals surface area contributed by atoms with Crippen molar-refractivity contribution >= 4 is 11.6 Å². The quantitative estimate of drug-likeness (QED) is 0.767. The molecule has 1 fully saturated rings. The van der Waals surface area contributed by atoms with Crippen LogP contribution in [0.3, 0.4) is 0 Å². The van der Waals surface area contributed by atoms with Crippen molar-refractivity contribution in [2.45, 2.75) is 26.2 Å². The molecule has 0 aromatic heterocycles. The van der Waals surface area contributed by atoms with Gasteiger partial charge in [0.1, 0.15) is 5.75 Å². The lowest BCUT2D eigenvalue weighted by molar-refractivity contribution is -0.133. The van der Waals surface area contributed by atoms with Gasteiger partial charge in [-0.25, -0.2) is 0 Å². The van der Waals surface area contributed by atoms with E-state index in [1.54, 1.807) is 24.3 Å². The lowest BCUT2D eigenvalue weighted by Gasteiger charge is -2.22. The standard InChI is InChI=1S/C15H22N2O2/c1-2-9-17(10-12-3-4-12)15(18)11-19-14-7-5-13(16)6-8-14/h5-8,12H,2-4,9-11,16H2,1H3. The van der Waals surface area contributed by atoms with Crippen molar-refractivity contribution in [3.8, 4) is 5.75 Å². The van der Waals surface area contributed by atoms with Crippen LogP contribution in [-0.4, -0.2) is 30.5 Å². The molecule has 0 radical (unpaired) electrons. The summed E-state index contributed by atoms with van der Waals surface area (Å²) >= 11 is 0. The van der Waals surface area contributed by atoms with Crippen molar-refractivity contribution in [3.63, 3.8) is 0 Å². The number of carbonyl (C=O) groups excluding carboxylic acids is 1. The van der Waals surface area contributed by atoms with Crippen molar-refractivity contribution in [2.75, 3.05) is 25.4 Å².